The van der Waals surface area contributed by atoms with E-state index < -0.39 is 0 Å². The Morgan fingerprint density at radius 3 is 2.14 bits per heavy atom. The molecule has 0 saturated heterocycles. The highest BCUT2D eigenvalue weighted by atomic mass is 16.5. The number of hydrogen-bond acceptors (Lipinski definition) is 2. The highest BCUT2D eigenvalue weighted by molar-refractivity contribution is 4.75. The summed E-state index contributed by atoms with van der Waals surface area (Å²) in [6, 6.07) is 0. The first kappa shape index (κ1) is 13.9. The third-order valence-corrected chi connectivity index (χ3v) is 2.42. The van der Waals surface area contributed by atoms with Crippen molar-refractivity contribution in [3.05, 3.63) is 0 Å². The lowest BCUT2D eigenvalue weighted by Crippen LogP contribution is -2.36. The topological polar surface area (TPSA) is 35.2 Å². The van der Waals surface area contributed by atoms with E-state index in [2.05, 4.69) is 34.6 Å². The van der Waals surface area contributed by atoms with E-state index >= 15 is 0 Å². The zero-order valence-corrected chi connectivity index (χ0v) is 10.5. The van der Waals surface area contributed by atoms with Gasteiger partial charge in [-0.05, 0) is 24.2 Å². The van der Waals surface area contributed by atoms with Crippen molar-refractivity contribution in [3.63, 3.8) is 0 Å². The summed E-state index contributed by atoms with van der Waals surface area (Å²) in [7, 11) is 0. The molecule has 0 heterocycles. The smallest absolute Gasteiger partial charge is 0.0745 e. The minimum absolute atomic E-state index is 0.159. The van der Waals surface area contributed by atoms with Gasteiger partial charge in [0.25, 0.3) is 0 Å². The first-order valence-corrected chi connectivity index (χ1v) is 5.69. The van der Waals surface area contributed by atoms with Crippen molar-refractivity contribution < 1.29 is 4.74 Å². The fourth-order valence-corrected chi connectivity index (χ4v) is 1.39. The standard InChI is InChI=1S/C12H27NO/c1-10(2)7-6-8-14-11(9-13)12(3,4)5/h10-11H,6-9,13H2,1-5H3. The van der Waals surface area contributed by atoms with Gasteiger partial charge in [0.1, 0.15) is 0 Å². The maximum atomic E-state index is 5.78. The van der Waals surface area contributed by atoms with Crippen LogP contribution >= 0.6 is 0 Å². The minimum Gasteiger partial charge on any atom is -0.376 e. The predicted molar refractivity (Wildman–Crippen MR) is 62.3 cm³/mol. The van der Waals surface area contributed by atoms with E-state index in [0.29, 0.717) is 6.54 Å². The first-order valence-electron chi connectivity index (χ1n) is 5.69. The quantitative estimate of drug-likeness (QED) is 0.671. The molecule has 0 aliphatic carbocycles. The average Bonchev–Trinajstić information content (AvgIpc) is 2.01. The molecular formula is C12H27NO. The Morgan fingerprint density at radius 1 is 1.21 bits per heavy atom. The highest BCUT2D eigenvalue weighted by Gasteiger charge is 2.23. The van der Waals surface area contributed by atoms with Gasteiger partial charge in [-0.25, -0.2) is 0 Å². The molecule has 0 bridgehead atoms. The molecule has 2 N–H and O–H groups in total. The average molecular weight is 201 g/mol. The predicted octanol–water partition coefficient (Wildman–Crippen LogP) is 2.81. The molecule has 0 aliphatic heterocycles. The fourth-order valence-electron chi connectivity index (χ4n) is 1.39. The van der Waals surface area contributed by atoms with Gasteiger partial charge < -0.3 is 10.5 Å². The SMILES string of the molecule is CC(C)CCCOC(CN)C(C)(C)C. The Hall–Kier alpha value is -0.0800. The summed E-state index contributed by atoms with van der Waals surface area (Å²) in [4.78, 5) is 0. The maximum absolute atomic E-state index is 5.78. The molecule has 0 saturated carbocycles. The monoisotopic (exact) mass is 201 g/mol. The van der Waals surface area contributed by atoms with E-state index in [-0.39, 0.29) is 11.5 Å². The van der Waals surface area contributed by atoms with Crippen LogP contribution in [0.5, 0.6) is 0 Å². The maximum Gasteiger partial charge on any atom is 0.0745 e. The van der Waals surface area contributed by atoms with Gasteiger partial charge in [0.2, 0.25) is 0 Å². The fraction of sp³-hybridized carbons (Fsp3) is 1.00. The highest BCUT2D eigenvalue weighted by Crippen LogP contribution is 2.21. The van der Waals surface area contributed by atoms with Crippen LogP contribution in [-0.2, 0) is 4.74 Å². The van der Waals surface area contributed by atoms with Gasteiger partial charge >= 0.3 is 0 Å². The lowest BCUT2D eigenvalue weighted by Gasteiger charge is -2.29. The van der Waals surface area contributed by atoms with Crippen LogP contribution in [0.25, 0.3) is 0 Å². The zero-order valence-electron chi connectivity index (χ0n) is 10.5. The van der Waals surface area contributed by atoms with Crippen LogP contribution < -0.4 is 5.73 Å². The van der Waals surface area contributed by atoms with Crippen LogP contribution in [0.15, 0.2) is 0 Å². The Morgan fingerprint density at radius 2 is 1.79 bits per heavy atom. The van der Waals surface area contributed by atoms with Gasteiger partial charge in [-0.15, -0.1) is 0 Å². The molecule has 1 unspecified atom stereocenters. The van der Waals surface area contributed by atoms with Crippen molar-refractivity contribution in [2.45, 2.75) is 53.6 Å². The molecule has 2 nitrogen and oxygen atoms in total. The summed E-state index contributed by atoms with van der Waals surface area (Å²) in [5, 5.41) is 0. The Bertz CT molecular complexity index is 138. The molecule has 1 atom stereocenters. The van der Waals surface area contributed by atoms with Crippen LogP contribution in [0, 0.1) is 11.3 Å². The number of hydrogen-bond donors (Lipinski definition) is 1. The third kappa shape index (κ3) is 6.39. The van der Waals surface area contributed by atoms with E-state index in [0.717, 1.165) is 18.9 Å². The molecule has 0 radical (unpaired) electrons. The summed E-state index contributed by atoms with van der Waals surface area (Å²) in [6.07, 6.45) is 2.57. The van der Waals surface area contributed by atoms with Crippen molar-refractivity contribution in [1.82, 2.24) is 0 Å². The molecule has 0 aliphatic rings. The molecule has 0 rings (SSSR count). The minimum atomic E-state index is 0.159. The Kier molecular flexibility index (Phi) is 6.38. The summed E-state index contributed by atoms with van der Waals surface area (Å²) in [5.41, 5.74) is 5.84. The van der Waals surface area contributed by atoms with Gasteiger partial charge in [0.05, 0.1) is 6.10 Å². The van der Waals surface area contributed by atoms with Crippen LogP contribution in [0.3, 0.4) is 0 Å². The Labute approximate surface area is 89.2 Å². The van der Waals surface area contributed by atoms with Gasteiger partial charge in [-0.3, -0.25) is 0 Å². The number of ether oxygens (including phenoxy) is 1. The second-order valence-corrected chi connectivity index (χ2v) is 5.50. The second kappa shape index (κ2) is 6.41. The molecule has 86 valence electrons. The summed E-state index contributed by atoms with van der Waals surface area (Å²) >= 11 is 0. The van der Waals surface area contributed by atoms with Crippen LogP contribution in [0.2, 0.25) is 0 Å². The molecule has 0 spiro atoms. The van der Waals surface area contributed by atoms with Crippen molar-refractivity contribution in [2.75, 3.05) is 13.2 Å². The van der Waals surface area contributed by atoms with E-state index in [1.807, 2.05) is 0 Å². The molecule has 14 heavy (non-hydrogen) atoms. The van der Waals surface area contributed by atoms with Gasteiger partial charge in [-0.1, -0.05) is 34.6 Å². The molecular weight excluding hydrogens is 174 g/mol. The largest absolute Gasteiger partial charge is 0.376 e. The van der Waals surface area contributed by atoms with Crippen molar-refractivity contribution in [1.29, 1.82) is 0 Å². The van der Waals surface area contributed by atoms with E-state index in [9.17, 15) is 0 Å². The molecule has 0 fully saturated rings. The molecule has 0 aromatic rings. The van der Waals surface area contributed by atoms with Crippen molar-refractivity contribution in [3.8, 4) is 0 Å². The van der Waals surface area contributed by atoms with E-state index in [1.54, 1.807) is 0 Å². The van der Waals surface area contributed by atoms with Gasteiger partial charge in [-0.2, -0.15) is 0 Å². The third-order valence-electron chi connectivity index (χ3n) is 2.42. The van der Waals surface area contributed by atoms with Crippen molar-refractivity contribution >= 4 is 0 Å². The lowest BCUT2D eigenvalue weighted by molar-refractivity contribution is -0.0135. The van der Waals surface area contributed by atoms with E-state index in [1.165, 1.54) is 6.42 Å². The molecule has 0 aromatic heterocycles. The van der Waals surface area contributed by atoms with Crippen LogP contribution in [0.1, 0.15) is 47.5 Å². The van der Waals surface area contributed by atoms with Gasteiger partial charge in [0.15, 0.2) is 0 Å². The van der Waals surface area contributed by atoms with Crippen LogP contribution in [-0.4, -0.2) is 19.3 Å². The number of rotatable bonds is 6. The Balaban J connectivity index is 3.64. The van der Waals surface area contributed by atoms with E-state index in [4.69, 9.17) is 10.5 Å². The first-order chi connectivity index (χ1) is 6.38. The molecule has 0 amide bonds. The molecule has 0 aromatic carbocycles. The normalized spacial score (nSPS) is 14.8. The summed E-state index contributed by atoms with van der Waals surface area (Å²) in [6.45, 7) is 12.5. The van der Waals surface area contributed by atoms with Crippen LogP contribution in [0.4, 0.5) is 0 Å². The molecule has 2 heteroatoms. The number of nitrogens with two attached hydrogens (primary N) is 1. The second-order valence-electron chi connectivity index (χ2n) is 5.50. The zero-order chi connectivity index (χ0) is 11.2. The summed E-state index contributed by atoms with van der Waals surface area (Å²) < 4.78 is 5.78. The van der Waals surface area contributed by atoms with Crippen molar-refractivity contribution in [2.24, 2.45) is 17.1 Å². The lowest BCUT2D eigenvalue weighted by atomic mass is 9.89. The summed E-state index contributed by atoms with van der Waals surface area (Å²) in [5.74, 6) is 0.768. The van der Waals surface area contributed by atoms with Gasteiger partial charge in [0, 0.05) is 13.2 Å².